The van der Waals surface area contributed by atoms with Gasteiger partial charge in [0.25, 0.3) is 0 Å². The summed E-state index contributed by atoms with van der Waals surface area (Å²) < 4.78 is 0. The molecular weight excluding hydrogens is 188 g/mol. The van der Waals surface area contributed by atoms with Gasteiger partial charge >= 0.3 is 0 Å². The molecule has 0 radical (unpaired) electrons. The van der Waals surface area contributed by atoms with E-state index < -0.39 is 0 Å². The molecule has 0 aromatic heterocycles. The lowest BCUT2D eigenvalue weighted by atomic mass is 10.1. The first kappa shape index (κ1) is 10.8. The zero-order chi connectivity index (χ0) is 9.84. The van der Waals surface area contributed by atoms with Gasteiger partial charge in [-0.25, -0.2) is 0 Å². The van der Waals surface area contributed by atoms with Crippen molar-refractivity contribution in [2.75, 3.05) is 39.6 Å². The van der Waals surface area contributed by atoms with Crippen LogP contribution in [-0.4, -0.2) is 55.3 Å². The molecule has 0 N–H and O–H groups in total. The Kier molecular flexibility index (Phi) is 4.00. The molecule has 3 nitrogen and oxygen atoms in total. The van der Waals surface area contributed by atoms with Crippen LogP contribution in [0.15, 0.2) is 0 Å². The van der Waals surface area contributed by atoms with Crippen LogP contribution in [0, 0.1) is 5.92 Å². The van der Waals surface area contributed by atoms with Crippen molar-refractivity contribution in [3.8, 4) is 0 Å². The summed E-state index contributed by atoms with van der Waals surface area (Å²) in [6, 6.07) is 0. The maximum atomic E-state index is 11.2. The Morgan fingerprint density at radius 1 is 1.69 bits per heavy atom. The molecule has 1 atom stereocenters. The molecule has 0 spiro atoms. The van der Waals surface area contributed by atoms with Crippen LogP contribution < -0.4 is 0 Å². The zero-order valence-electron chi connectivity index (χ0n) is 8.29. The molecule has 0 aromatic carbocycles. The largest absolute Gasteiger partial charge is 0.344 e. The highest BCUT2D eigenvalue weighted by atomic mass is 35.5. The molecule has 0 bridgehead atoms. The van der Waals surface area contributed by atoms with Crippen molar-refractivity contribution in [1.82, 2.24) is 9.80 Å². The molecule has 0 saturated carbocycles. The summed E-state index contributed by atoms with van der Waals surface area (Å²) in [6.45, 7) is 3.09. The van der Waals surface area contributed by atoms with Crippen LogP contribution in [0.5, 0.6) is 0 Å². The smallest absolute Gasteiger partial charge is 0.237 e. The summed E-state index contributed by atoms with van der Waals surface area (Å²) in [6.07, 6.45) is 1.19. The predicted octanol–water partition coefficient (Wildman–Crippen LogP) is 0.635. The molecule has 13 heavy (non-hydrogen) atoms. The highest BCUT2D eigenvalue weighted by molar-refractivity contribution is 6.27. The number of likely N-dealkylation sites (tertiary alicyclic amines) is 1. The molecule has 1 aliphatic rings. The number of carbonyl (C=O) groups excluding carboxylic acids is 1. The summed E-state index contributed by atoms with van der Waals surface area (Å²) in [5.41, 5.74) is 0. The van der Waals surface area contributed by atoms with Crippen molar-refractivity contribution in [3.63, 3.8) is 0 Å². The van der Waals surface area contributed by atoms with Crippen LogP contribution in [0.2, 0.25) is 0 Å². The lowest BCUT2D eigenvalue weighted by molar-refractivity contribution is -0.127. The molecule has 4 heteroatoms. The quantitative estimate of drug-likeness (QED) is 0.630. The van der Waals surface area contributed by atoms with E-state index in [1.807, 2.05) is 7.05 Å². The Morgan fingerprint density at radius 2 is 2.38 bits per heavy atom. The zero-order valence-corrected chi connectivity index (χ0v) is 9.05. The van der Waals surface area contributed by atoms with E-state index >= 15 is 0 Å². The molecule has 0 unspecified atom stereocenters. The van der Waals surface area contributed by atoms with E-state index in [0.29, 0.717) is 5.92 Å². The average molecular weight is 205 g/mol. The average Bonchev–Trinajstić information content (AvgIpc) is 2.49. The standard InChI is InChI=1S/C9H17ClN2O/c1-11-4-3-8(6-11)7-12(2)9(13)5-10/h8H,3-7H2,1-2H3/t8-/m0/s1. The second kappa shape index (κ2) is 4.82. The summed E-state index contributed by atoms with van der Waals surface area (Å²) in [5.74, 6) is 0.748. The van der Waals surface area contributed by atoms with Crippen molar-refractivity contribution >= 4 is 17.5 Å². The van der Waals surface area contributed by atoms with Crippen LogP contribution in [-0.2, 0) is 4.79 Å². The van der Waals surface area contributed by atoms with E-state index in [-0.39, 0.29) is 11.8 Å². The van der Waals surface area contributed by atoms with Crippen molar-refractivity contribution in [1.29, 1.82) is 0 Å². The van der Waals surface area contributed by atoms with E-state index in [4.69, 9.17) is 11.6 Å². The number of alkyl halides is 1. The number of amides is 1. The van der Waals surface area contributed by atoms with Gasteiger partial charge < -0.3 is 9.80 Å². The number of halogens is 1. The topological polar surface area (TPSA) is 23.6 Å². The summed E-state index contributed by atoms with van der Waals surface area (Å²) in [4.78, 5) is 15.2. The molecule has 76 valence electrons. The van der Waals surface area contributed by atoms with Gasteiger partial charge in [-0.1, -0.05) is 0 Å². The van der Waals surface area contributed by atoms with E-state index in [9.17, 15) is 4.79 Å². The van der Waals surface area contributed by atoms with E-state index in [2.05, 4.69) is 11.9 Å². The van der Waals surface area contributed by atoms with Gasteiger partial charge in [0.1, 0.15) is 5.88 Å². The maximum absolute atomic E-state index is 11.2. The summed E-state index contributed by atoms with van der Waals surface area (Å²) in [7, 11) is 3.94. The van der Waals surface area contributed by atoms with Crippen LogP contribution in [0.3, 0.4) is 0 Å². The van der Waals surface area contributed by atoms with Crippen molar-refractivity contribution in [3.05, 3.63) is 0 Å². The third kappa shape index (κ3) is 3.16. The number of hydrogen-bond acceptors (Lipinski definition) is 2. The van der Waals surface area contributed by atoms with E-state index in [0.717, 1.165) is 19.6 Å². The molecule has 1 aliphatic heterocycles. The Balaban J connectivity index is 2.28. The summed E-state index contributed by atoms with van der Waals surface area (Å²) in [5, 5.41) is 0. The fourth-order valence-corrected chi connectivity index (χ4v) is 1.97. The second-order valence-corrected chi connectivity index (χ2v) is 4.09. The Morgan fingerprint density at radius 3 is 2.85 bits per heavy atom. The van der Waals surface area contributed by atoms with E-state index in [1.165, 1.54) is 6.42 Å². The Bertz CT molecular complexity index is 186. The lowest BCUT2D eigenvalue weighted by Gasteiger charge is -2.20. The van der Waals surface area contributed by atoms with Gasteiger partial charge in [-0.15, -0.1) is 11.6 Å². The van der Waals surface area contributed by atoms with Gasteiger partial charge in [-0.2, -0.15) is 0 Å². The minimum atomic E-state index is 0.0243. The van der Waals surface area contributed by atoms with Crippen molar-refractivity contribution in [2.24, 2.45) is 5.92 Å². The van der Waals surface area contributed by atoms with Gasteiger partial charge in [0.15, 0.2) is 0 Å². The Labute approximate surface area is 84.6 Å². The van der Waals surface area contributed by atoms with Gasteiger partial charge in [-0.3, -0.25) is 4.79 Å². The molecular formula is C9H17ClN2O. The van der Waals surface area contributed by atoms with E-state index in [1.54, 1.807) is 4.90 Å². The highest BCUT2D eigenvalue weighted by Crippen LogP contribution is 2.15. The molecule has 0 aliphatic carbocycles. The third-order valence-electron chi connectivity index (χ3n) is 2.56. The third-order valence-corrected chi connectivity index (χ3v) is 2.79. The molecule has 0 aromatic rings. The fourth-order valence-electron chi connectivity index (χ4n) is 1.77. The Hall–Kier alpha value is -0.280. The fraction of sp³-hybridized carbons (Fsp3) is 0.889. The van der Waals surface area contributed by atoms with Gasteiger partial charge in [0, 0.05) is 20.1 Å². The molecule has 1 heterocycles. The van der Waals surface area contributed by atoms with Crippen LogP contribution in [0.1, 0.15) is 6.42 Å². The molecule has 1 rings (SSSR count). The van der Waals surface area contributed by atoms with Crippen molar-refractivity contribution in [2.45, 2.75) is 6.42 Å². The molecule has 1 fully saturated rings. The first-order valence-electron chi connectivity index (χ1n) is 4.62. The van der Waals surface area contributed by atoms with Crippen LogP contribution >= 0.6 is 11.6 Å². The number of carbonyl (C=O) groups is 1. The SMILES string of the molecule is CN1CC[C@H](CN(C)C(=O)CCl)C1. The maximum Gasteiger partial charge on any atom is 0.237 e. The summed E-state index contributed by atoms with van der Waals surface area (Å²) >= 11 is 5.46. The number of nitrogens with zero attached hydrogens (tertiary/aromatic N) is 2. The number of hydrogen-bond donors (Lipinski definition) is 0. The second-order valence-electron chi connectivity index (χ2n) is 3.82. The van der Waals surface area contributed by atoms with Crippen LogP contribution in [0.25, 0.3) is 0 Å². The monoisotopic (exact) mass is 204 g/mol. The number of rotatable bonds is 3. The minimum Gasteiger partial charge on any atom is -0.344 e. The van der Waals surface area contributed by atoms with Gasteiger partial charge in [0.2, 0.25) is 5.91 Å². The molecule has 1 saturated heterocycles. The predicted molar refractivity (Wildman–Crippen MR) is 54.0 cm³/mol. The van der Waals surface area contributed by atoms with Gasteiger partial charge in [0.05, 0.1) is 0 Å². The van der Waals surface area contributed by atoms with Crippen molar-refractivity contribution < 1.29 is 4.79 Å². The molecule has 1 amide bonds. The minimum absolute atomic E-state index is 0.0243. The lowest BCUT2D eigenvalue weighted by Crippen LogP contribution is -2.33. The first-order chi connectivity index (χ1) is 6.13. The van der Waals surface area contributed by atoms with Crippen LogP contribution in [0.4, 0.5) is 0 Å². The first-order valence-corrected chi connectivity index (χ1v) is 5.15. The normalized spacial score (nSPS) is 23.5. The highest BCUT2D eigenvalue weighted by Gasteiger charge is 2.21. The van der Waals surface area contributed by atoms with Gasteiger partial charge in [-0.05, 0) is 25.9 Å².